The molecule has 0 heterocycles. The first-order valence-electron chi connectivity index (χ1n) is 8.09. The molecule has 0 aliphatic rings. The quantitative estimate of drug-likeness (QED) is 0.548. The highest BCUT2D eigenvalue weighted by Crippen LogP contribution is 2.27. The van der Waals surface area contributed by atoms with E-state index in [-0.39, 0.29) is 5.92 Å². The van der Waals surface area contributed by atoms with Gasteiger partial charge in [-0.25, -0.2) is 0 Å². The molecule has 1 N–H and O–H groups in total. The van der Waals surface area contributed by atoms with Gasteiger partial charge in [-0.1, -0.05) is 66.7 Å². The van der Waals surface area contributed by atoms with Gasteiger partial charge in [-0.15, -0.1) is 0 Å². The molecular formula is C17H34O2. The van der Waals surface area contributed by atoms with Gasteiger partial charge in [-0.3, -0.25) is 4.79 Å². The molecule has 2 nitrogen and oxygen atoms in total. The monoisotopic (exact) mass is 270 g/mol. The molecule has 0 bridgehead atoms. The Morgan fingerprint density at radius 2 is 1.63 bits per heavy atom. The molecular weight excluding hydrogens is 236 g/mol. The van der Waals surface area contributed by atoms with Crippen LogP contribution in [0.2, 0.25) is 0 Å². The Morgan fingerprint density at radius 3 is 2.11 bits per heavy atom. The van der Waals surface area contributed by atoms with Gasteiger partial charge in [0.25, 0.3) is 0 Å². The molecule has 19 heavy (non-hydrogen) atoms. The number of aliphatic carboxylic acids is 1. The topological polar surface area (TPSA) is 37.3 Å². The average molecular weight is 270 g/mol. The molecule has 0 fully saturated rings. The summed E-state index contributed by atoms with van der Waals surface area (Å²) < 4.78 is 0. The predicted octanol–water partition coefficient (Wildman–Crippen LogP) is 5.37. The second kappa shape index (κ2) is 10.3. The molecule has 0 saturated carbocycles. The van der Waals surface area contributed by atoms with E-state index in [2.05, 4.69) is 27.7 Å². The maximum Gasteiger partial charge on any atom is 0.306 e. The Labute approximate surface area is 120 Å². The number of carboxylic acid groups (broad SMARTS) is 1. The van der Waals surface area contributed by atoms with Crippen molar-refractivity contribution in [1.29, 1.82) is 0 Å². The van der Waals surface area contributed by atoms with E-state index in [9.17, 15) is 4.79 Å². The third-order valence-corrected chi connectivity index (χ3v) is 4.02. The highest BCUT2D eigenvalue weighted by molar-refractivity contribution is 5.69. The zero-order chi connectivity index (χ0) is 14.8. The van der Waals surface area contributed by atoms with Crippen LogP contribution in [-0.4, -0.2) is 11.1 Å². The summed E-state index contributed by atoms with van der Waals surface area (Å²) in [5.41, 5.74) is 0. The van der Waals surface area contributed by atoms with E-state index in [4.69, 9.17) is 5.11 Å². The van der Waals surface area contributed by atoms with Crippen molar-refractivity contribution in [3.05, 3.63) is 0 Å². The van der Waals surface area contributed by atoms with E-state index in [0.717, 1.165) is 24.7 Å². The third kappa shape index (κ3) is 9.98. The van der Waals surface area contributed by atoms with Crippen LogP contribution in [0.1, 0.15) is 79.6 Å². The van der Waals surface area contributed by atoms with E-state index in [1.165, 1.54) is 32.1 Å². The van der Waals surface area contributed by atoms with Crippen molar-refractivity contribution in [3.8, 4) is 0 Å². The van der Waals surface area contributed by atoms with Crippen LogP contribution in [0.4, 0.5) is 0 Å². The van der Waals surface area contributed by atoms with Crippen molar-refractivity contribution in [2.75, 3.05) is 0 Å². The molecule has 0 aromatic carbocycles. The van der Waals surface area contributed by atoms with Crippen molar-refractivity contribution in [1.82, 2.24) is 0 Å². The van der Waals surface area contributed by atoms with Gasteiger partial charge in [-0.2, -0.15) is 0 Å². The predicted molar refractivity (Wildman–Crippen MR) is 82.3 cm³/mol. The van der Waals surface area contributed by atoms with Crippen LogP contribution in [0, 0.1) is 23.7 Å². The van der Waals surface area contributed by atoms with Crippen LogP contribution < -0.4 is 0 Å². The molecule has 0 saturated heterocycles. The highest BCUT2D eigenvalue weighted by atomic mass is 16.4. The number of rotatable bonds is 11. The van der Waals surface area contributed by atoms with Crippen molar-refractivity contribution in [2.45, 2.75) is 79.6 Å². The maximum absolute atomic E-state index is 11.0. The number of carboxylic acids is 1. The van der Waals surface area contributed by atoms with Crippen LogP contribution in [0.15, 0.2) is 0 Å². The summed E-state index contributed by atoms with van der Waals surface area (Å²) in [5, 5.41) is 9.04. The first kappa shape index (κ1) is 18.5. The largest absolute Gasteiger partial charge is 0.481 e. The molecule has 3 atom stereocenters. The van der Waals surface area contributed by atoms with Crippen molar-refractivity contribution in [3.63, 3.8) is 0 Å². The van der Waals surface area contributed by atoms with Crippen LogP contribution in [0.5, 0.6) is 0 Å². The van der Waals surface area contributed by atoms with E-state index < -0.39 is 5.97 Å². The first-order valence-corrected chi connectivity index (χ1v) is 8.09. The van der Waals surface area contributed by atoms with Gasteiger partial charge in [0.05, 0.1) is 5.92 Å². The van der Waals surface area contributed by atoms with E-state index >= 15 is 0 Å². The normalized spacial score (nSPS) is 16.3. The van der Waals surface area contributed by atoms with Crippen LogP contribution in [0.25, 0.3) is 0 Å². The highest BCUT2D eigenvalue weighted by Gasteiger charge is 2.19. The fraction of sp³-hybridized carbons (Fsp3) is 0.941. The molecule has 0 aromatic rings. The van der Waals surface area contributed by atoms with E-state index in [1.54, 1.807) is 0 Å². The zero-order valence-corrected chi connectivity index (χ0v) is 13.6. The van der Waals surface area contributed by atoms with Crippen molar-refractivity contribution >= 4 is 5.97 Å². The third-order valence-electron chi connectivity index (χ3n) is 4.02. The van der Waals surface area contributed by atoms with Gasteiger partial charge >= 0.3 is 5.97 Å². The van der Waals surface area contributed by atoms with Gasteiger partial charge < -0.3 is 5.11 Å². The zero-order valence-electron chi connectivity index (χ0n) is 13.6. The molecule has 114 valence electrons. The molecule has 0 aromatic heterocycles. The molecule has 2 heteroatoms. The summed E-state index contributed by atoms with van der Waals surface area (Å²) >= 11 is 0. The minimum absolute atomic E-state index is 0.195. The molecule has 0 amide bonds. The minimum atomic E-state index is -0.645. The van der Waals surface area contributed by atoms with Crippen molar-refractivity contribution in [2.24, 2.45) is 23.7 Å². The SMILES string of the molecule is CCCC(CC(C)CCCC(C)C)CC(C)C(=O)O. The van der Waals surface area contributed by atoms with Crippen LogP contribution in [0.3, 0.4) is 0 Å². The summed E-state index contributed by atoms with van der Waals surface area (Å²) in [6, 6.07) is 0. The summed E-state index contributed by atoms with van der Waals surface area (Å²) in [7, 11) is 0. The second-order valence-electron chi connectivity index (χ2n) is 6.80. The molecule has 3 unspecified atom stereocenters. The van der Waals surface area contributed by atoms with Crippen LogP contribution >= 0.6 is 0 Å². The fourth-order valence-corrected chi connectivity index (χ4v) is 2.90. The number of hydrogen-bond acceptors (Lipinski definition) is 1. The Morgan fingerprint density at radius 1 is 1.00 bits per heavy atom. The van der Waals surface area contributed by atoms with E-state index in [0.29, 0.717) is 5.92 Å². The molecule has 0 spiro atoms. The Balaban J connectivity index is 4.06. The van der Waals surface area contributed by atoms with E-state index in [1.807, 2.05) is 6.92 Å². The maximum atomic E-state index is 11.0. The summed E-state index contributed by atoms with van der Waals surface area (Å²) in [5.74, 6) is 1.28. The number of carbonyl (C=O) groups is 1. The second-order valence-corrected chi connectivity index (χ2v) is 6.80. The first-order chi connectivity index (χ1) is 8.86. The average Bonchev–Trinajstić information content (AvgIpc) is 2.28. The Kier molecular flexibility index (Phi) is 9.99. The Bertz CT molecular complexity index is 235. The smallest absolute Gasteiger partial charge is 0.306 e. The standard InChI is InChI=1S/C17H34O2/c1-6-8-16(12-15(5)17(18)19)11-14(4)10-7-9-13(2)3/h13-16H,6-12H2,1-5H3,(H,18,19). The van der Waals surface area contributed by atoms with Gasteiger partial charge in [0.2, 0.25) is 0 Å². The van der Waals surface area contributed by atoms with Gasteiger partial charge in [0.1, 0.15) is 0 Å². The number of hydrogen-bond donors (Lipinski definition) is 1. The van der Waals surface area contributed by atoms with Crippen LogP contribution in [-0.2, 0) is 4.79 Å². The lowest BCUT2D eigenvalue weighted by Crippen LogP contribution is -2.16. The molecule has 0 radical (unpaired) electrons. The molecule has 0 aliphatic carbocycles. The minimum Gasteiger partial charge on any atom is -0.481 e. The molecule has 0 rings (SSSR count). The Hall–Kier alpha value is -0.530. The summed E-state index contributed by atoms with van der Waals surface area (Å²) in [6.07, 6.45) is 8.30. The van der Waals surface area contributed by atoms with Crippen molar-refractivity contribution < 1.29 is 9.90 Å². The summed E-state index contributed by atoms with van der Waals surface area (Å²) in [4.78, 5) is 11.0. The lowest BCUT2D eigenvalue weighted by atomic mass is 9.83. The van der Waals surface area contributed by atoms with Gasteiger partial charge in [-0.05, 0) is 30.6 Å². The fourth-order valence-electron chi connectivity index (χ4n) is 2.90. The lowest BCUT2D eigenvalue weighted by molar-refractivity contribution is -0.141. The molecule has 0 aliphatic heterocycles. The summed E-state index contributed by atoms with van der Waals surface area (Å²) in [6.45, 7) is 10.9. The van der Waals surface area contributed by atoms with Gasteiger partial charge in [0.15, 0.2) is 0 Å². The lowest BCUT2D eigenvalue weighted by Gasteiger charge is -2.22. The van der Waals surface area contributed by atoms with Gasteiger partial charge in [0, 0.05) is 0 Å².